The van der Waals surface area contributed by atoms with Crippen LogP contribution in [0.1, 0.15) is 6.42 Å². The number of rotatable bonds is 5. The van der Waals surface area contributed by atoms with Crippen molar-refractivity contribution < 1.29 is 27.5 Å². The molecule has 2 amide bonds. The molecule has 5 nitrogen and oxygen atoms in total. The molecule has 1 N–H and O–H groups in total. The van der Waals surface area contributed by atoms with E-state index in [0.29, 0.717) is 10.6 Å². The van der Waals surface area contributed by atoms with E-state index in [1.165, 1.54) is 0 Å². The molecule has 3 rings (SSSR count). The van der Waals surface area contributed by atoms with E-state index in [4.69, 9.17) is 4.74 Å². The first-order chi connectivity index (χ1) is 12.7. The molecule has 0 aromatic heterocycles. The number of fused-ring (bicyclic) bond motifs is 1. The lowest BCUT2D eigenvalue weighted by molar-refractivity contribution is -0.157. The van der Waals surface area contributed by atoms with Gasteiger partial charge >= 0.3 is 6.18 Å². The number of ether oxygens (including phenoxy) is 1. The summed E-state index contributed by atoms with van der Waals surface area (Å²) in [6.45, 7) is -1.75. The molecule has 1 heterocycles. The normalized spacial score (nSPS) is 17.4. The Kier molecular flexibility index (Phi) is 5.59. The summed E-state index contributed by atoms with van der Waals surface area (Å²) in [4.78, 5) is 24.3. The quantitative estimate of drug-likeness (QED) is 0.769. The van der Waals surface area contributed by atoms with Gasteiger partial charge in [-0.25, -0.2) is 0 Å². The van der Waals surface area contributed by atoms with Crippen molar-refractivity contribution in [1.29, 1.82) is 0 Å². The van der Waals surface area contributed by atoms with Gasteiger partial charge in [0.15, 0.2) is 6.61 Å². The summed E-state index contributed by atoms with van der Waals surface area (Å²) in [5.41, 5.74) is 0. The van der Waals surface area contributed by atoms with E-state index in [0.717, 1.165) is 15.2 Å². The van der Waals surface area contributed by atoms with Crippen LogP contribution in [0.3, 0.4) is 0 Å². The highest BCUT2D eigenvalue weighted by atomic mass is 79.9. The third-order valence-corrected chi connectivity index (χ3v) is 4.59. The summed E-state index contributed by atoms with van der Waals surface area (Å²) in [5, 5.41) is 4.49. The van der Waals surface area contributed by atoms with Gasteiger partial charge in [-0.1, -0.05) is 28.1 Å². The zero-order valence-electron chi connectivity index (χ0n) is 14.1. The zero-order chi connectivity index (χ0) is 19.6. The number of nitrogens with zero attached hydrogens (tertiary/aromatic N) is 1. The average Bonchev–Trinajstić information content (AvgIpc) is 2.90. The van der Waals surface area contributed by atoms with Crippen molar-refractivity contribution in [3.8, 4) is 5.75 Å². The number of hydrogen-bond donors (Lipinski definition) is 1. The van der Waals surface area contributed by atoms with E-state index in [-0.39, 0.29) is 19.6 Å². The molecule has 1 fully saturated rings. The number of carbonyl (C=O) groups is 2. The molecule has 1 atom stereocenters. The molecule has 1 aliphatic rings. The van der Waals surface area contributed by atoms with Gasteiger partial charge in [-0.3, -0.25) is 9.59 Å². The molecule has 0 aliphatic carbocycles. The Morgan fingerprint density at radius 3 is 2.67 bits per heavy atom. The van der Waals surface area contributed by atoms with Gasteiger partial charge in [0.05, 0.1) is 6.04 Å². The number of halogens is 4. The molecule has 1 saturated heterocycles. The van der Waals surface area contributed by atoms with Crippen molar-refractivity contribution in [2.24, 2.45) is 0 Å². The van der Waals surface area contributed by atoms with Crippen LogP contribution in [0, 0.1) is 0 Å². The Balaban J connectivity index is 1.51. The molecule has 0 bridgehead atoms. The van der Waals surface area contributed by atoms with Gasteiger partial charge in [0.25, 0.3) is 5.91 Å². The van der Waals surface area contributed by atoms with Crippen molar-refractivity contribution in [3.63, 3.8) is 0 Å². The molecule has 2 aromatic carbocycles. The molecule has 2 aromatic rings. The Hall–Kier alpha value is -2.29. The Morgan fingerprint density at radius 2 is 1.93 bits per heavy atom. The third-order valence-electron chi connectivity index (χ3n) is 4.09. The van der Waals surface area contributed by atoms with Gasteiger partial charge in [-0.2, -0.15) is 13.2 Å². The average molecular weight is 445 g/mol. The molecule has 9 heteroatoms. The lowest BCUT2D eigenvalue weighted by atomic mass is 10.1. The number of hydrogen-bond acceptors (Lipinski definition) is 3. The van der Waals surface area contributed by atoms with Crippen LogP contribution in [0.15, 0.2) is 40.9 Å². The maximum absolute atomic E-state index is 12.4. The number of carbonyl (C=O) groups excluding carboxylic acids is 2. The molecule has 0 saturated carbocycles. The largest absolute Gasteiger partial charge is 0.484 e. The lowest BCUT2D eigenvalue weighted by Gasteiger charge is -2.18. The van der Waals surface area contributed by atoms with Crippen molar-refractivity contribution in [2.75, 3.05) is 19.7 Å². The maximum atomic E-state index is 12.4. The molecular formula is C18H16BrF3N2O3. The second-order valence-electron chi connectivity index (χ2n) is 6.30. The van der Waals surface area contributed by atoms with Gasteiger partial charge in [-0.15, -0.1) is 0 Å². The molecule has 0 spiro atoms. The van der Waals surface area contributed by atoms with Gasteiger partial charge in [0.1, 0.15) is 12.3 Å². The van der Waals surface area contributed by atoms with Gasteiger partial charge in [-0.05, 0) is 35.0 Å². The second kappa shape index (κ2) is 7.75. The van der Waals surface area contributed by atoms with E-state index in [1.54, 1.807) is 12.1 Å². The van der Waals surface area contributed by atoms with Gasteiger partial charge in [0, 0.05) is 17.4 Å². The molecule has 1 aliphatic heterocycles. The van der Waals surface area contributed by atoms with Crippen LogP contribution >= 0.6 is 15.9 Å². The Labute approximate surface area is 161 Å². The first-order valence-corrected chi connectivity index (χ1v) is 8.95. The van der Waals surface area contributed by atoms with Crippen molar-refractivity contribution in [3.05, 3.63) is 40.9 Å². The first-order valence-electron chi connectivity index (χ1n) is 8.15. The predicted molar refractivity (Wildman–Crippen MR) is 96.3 cm³/mol. The molecule has 144 valence electrons. The van der Waals surface area contributed by atoms with Crippen molar-refractivity contribution in [2.45, 2.75) is 18.6 Å². The van der Waals surface area contributed by atoms with Gasteiger partial charge < -0.3 is 15.0 Å². The minimum absolute atomic E-state index is 0.146. The van der Waals surface area contributed by atoms with Crippen LogP contribution in [0.25, 0.3) is 10.8 Å². The zero-order valence-corrected chi connectivity index (χ0v) is 15.6. The van der Waals surface area contributed by atoms with Crippen LogP contribution in [-0.4, -0.2) is 48.6 Å². The highest BCUT2D eigenvalue weighted by Crippen LogP contribution is 2.24. The standard InChI is InChI=1S/C18H16BrF3N2O3/c19-13-3-1-12-6-15(4-2-11(12)5-13)27-9-16(25)23-14-7-17(26)24(8-14)10-18(20,21)22/h1-6,14H,7-10H2,(H,23,25). The number of nitrogens with one attached hydrogen (secondary N) is 1. The smallest absolute Gasteiger partial charge is 0.406 e. The number of likely N-dealkylation sites (tertiary alicyclic amines) is 1. The molecule has 0 radical (unpaired) electrons. The second-order valence-corrected chi connectivity index (χ2v) is 7.22. The summed E-state index contributed by atoms with van der Waals surface area (Å²) in [6.07, 6.45) is -4.60. The Bertz CT molecular complexity index is 873. The van der Waals surface area contributed by atoms with E-state index >= 15 is 0 Å². The summed E-state index contributed by atoms with van der Waals surface area (Å²) in [6, 6.07) is 10.5. The highest BCUT2D eigenvalue weighted by Gasteiger charge is 2.38. The van der Waals surface area contributed by atoms with E-state index in [2.05, 4.69) is 21.2 Å². The number of alkyl halides is 3. The predicted octanol–water partition coefficient (Wildman–Crippen LogP) is 3.26. The van der Waals surface area contributed by atoms with Crippen LogP contribution in [-0.2, 0) is 9.59 Å². The molecule has 27 heavy (non-hydrogen) atoms. The summed E-state index contributed by atoms with van der Waals surface area (Å²) >= 11 is 3.39. The maximum Gasteiger partial charge on any atom is 0.406 e. The van der Waals surface area contributed by atoms with Crippen LogP contribution in [0.4, 0.5) is 13.2 Å². The minimum atomic E-state index is -4.46. The summed E-state index contributed by atoms with van der Waals surface area (Å²) in [7, 11) is 0. The fourth-order valence-electron chi connectivity index (χ4n) is 2.94. The summed E-state index contributed by atoms with van der Waals surface area (Å²) in [5.74, 6) is -0.613. The topological polar surface area (TPSA) is 58.6 Å². The monoisotopic (exact) mass is 444 g/mol. The van der Waals surface area contributed by atoms with Crippen molar-refractivity contribution in [1.82, 2.24) is 10.2 Å². The van der Waals surface area contributed by atoms with Crippen LogP contribution in [0.5, 0.6) is 5.75 Å². The van der Waals surface area contributed by atoms with E-state index in [1.807, 2.05) is 24.3 Å². The van der Waals surface area contributed by atoms with Crippen molar-refractivity contribution >= 4 is 38.5 Å². The first kappa shape index (κ1) is 19.5. The van der Waals surface area contributed by atoms with Crippen LogP contribution in [0.2, 0.25) is 0 Å². The molecular weight excluding hydrogens is 429 g/mol. The van der Waals surface area contributed by atoms with E-state index < -0.39 is 30.6 Å². The summed E-state index contributed by atoms with van der Waals surface area (Å²) < 4.78 is 43.6. The fraction of sp³-hybridized carbons (Fsp3) is 0.333. The number of amides is 2. The highest BCUT2D eigenvalue weighted by molar-refractivity contribution is 9.10. The Morgan fingerprint density at radius 1 is 1.22 bits per heavy atom. The van der Waals surface area contributed by atoms with Gasteiger partial charge in [0.2, 0.25) is 5.91 Å². The SMILES string of the molecule is O=C(COc1ccc2cc(Br)ccc2c1)NC1CC(=O)N(CC(F)(F)F)C1. The number of benzene rings is 2. The lowest BCUT2D eigenvalue weighted by Crippen LogP contribution is -2.41. The third kappa shape index (κ3) is 5.35. The minimum Gasteiger partial charge on any atom is -0.484 e. The molecule has 1 unspecified atom stereocenters. The fourth-order valence-corrected chi connectivity index (χ4v) is 3.32. The van der Waals surface area contributed by atoms with Crippen LogP contribution < -0.4 is 10.1 Å². The van der Waals surface area contributed by atoms with E-state index in [9.17, 15) is 22.8 Å².